The van der Waals surface area contributed by atoms with Gasteiger partial charge in [-0.3, -0.25) is 4.90 Å². The first-order chi connectivity index (χ1) is 15.0. The molecule has 0 saturated carbocycles. The lowest BCUT2D eigenvalue weighted by molar-refractivity contribution is -0.0390. The third kappa shape index (κ3) is 11.3. The van der Waals surface area contributed by atoms with E-state index in [0.29, 0.717) is 31.3 Å². The Morgan fingerprint density at radius 3 is 2.47 bits per heavy atom. The molecule has 1 heterocycles. The fraction of sp³-hybridized carbons (Fsp3) is 0.720. The SMILES string of the molecule is CCNC(=NCc1cccc(COC2CCOCC2)c1)NCCCN(C(C)C)C(C)C.I. The molecule has 0 bridgehead atoms. The molecule has 1 aliphatic heterocycles. The van der Waals surface area contributed by atoms with Gasteiger partial charge in [0.2, 0.25) is 0 Å². The predicted molar refractivity (Wildman–Crippen MR) is 145 cm³/mol. The number of hydrogen-bond acceptors (Lipinski definition) is 4. The molecule has 1 saturated heterocycles. The molecule has 0 aliphatic carbocycles. The highest BCUT2D eigenvalue weighted by Gasteiger charge is 2.14. The molecule has 1 aromatic carbocycles. The predicted octanol–water partition coefficient (Wildman–Crippen LogP) is 4.56. The molecule has 0 unspecified atom stereocenters. The number of nitrogens with one attached hydrogen (secondary N) is 2. The molecular formula is C25H45IN4O2. The Bertz CT molecular complexity index is 641. The maximum Gasteiger partial charge on any atom is 0.191 e. The number of nitrogens with zero attached hydrogens (tertiary/aromatic N) is 2. The second-order valence-corrected chi connectivity index (χ2v) is 8.84. The molecule has 1 fully saturated rings. The molecule has 1 aromatic rings. The van der Waals surface area contributed by atoms with Gasteiger partial charge in [-0.1, -0.05) is 24.3 Å². The molecule has 0 amide bonds. The summed E-state index contributed by atoms with van der Waals surface area (Å²) in [6, 6.07) is 9.71. The Morgan fingerprint density at radius 2 is 1.81 bits per heavy atom. The summed E-state index contributed by atoms with van der Waals surface area (Å²) < 4.78 is 11.5. The van der Waals surface area contributed by atoms with Gasteiger partial charge in [0, 0.05) is 44.9 Å². The van der Waals surface area contributed by atoms with Gasteiger partial charge in [0.1, 0.15) is 0 Å². The van der Waals surface area contributed by atoms with Crippen LogP contribution >= 0.6 is 24.0 Å². The van der Waals surface area contributed by atoms with Crippen LogP contribution < -0.4 is 10.6 Å². The summed E-state index contributed by atoms with van der Waals surface area (Å²) in [6.45, 7) is 17.0. The zero-order valence-electron chi connectivity index (χ0n) is 20.7. The Hall–Kier alpha value is -0.900. The third-order valence-electron chi connectivity index (χ3n) is 5.62. The minimum absolute atomic E-state index is 0. The second kappa shape index (κ2) is 16.7. The van der Waals surface area contributed by atoms with Crippen molar-refractivity contribution in [2.75, 3.05) is 32.8 Å². The van der Waals surface area contributed by atoms with Gasteiger partial charge < -0.3 is 20.1 Å². The van der Waals surface area contributed by atoms with Crippen LogP contribution in [-0.4, -0.2) is 61.9 Å². The monoisotopic (exact) mass is 560 g/mol. The summed E-state index contributed by atoms with van der Waals surface area (Å²) in [6.07, 6.45) is 3.41. The van der Waals surface area contributed by atoms with E-state index < -0.39 is 0 Å². The Labute approximate surface area is 212 Å². The van der Waals surface area contributed by atoms with Gasteiger partial charge in [-0.2, -0.15) is 0 Å². The first-order valence-corrected chi connectivity index (χ1v) is 12.0. The number of guanidine groups is 1. The van der Waals surface area contributed by atoms with Crippen molar-refractivity contribution in [3.8, 4) is 0 Å². The summed E-state index contributed by atoms with van der Waals surface area (Å²) in [5.74, 6) is 0.881. The number of rotatable bonds is 12. The standard InChI is InChI=1S/C25H44N4O2.HI/c1-6-26-25(27-13-8-14-29(20(2)3)21(4)5)28-18-22-9-7-10-23(17-22)19-31-24-11-15-30-16-12-24;/h7,9-10,17,20-21,24H,6,8,11-16,18-19H2,1-5H3,(H2,26,27,28);1H. The van der Waals surface area contributed by atoms with E-state index in [0.717, 1.165) is 58.1 Å². The molecule has 0 spiro atoms. The van der Waals surface area contributed by atoms with Gasteiger partial charge in [-0.05, 0) is 65.0 Å². The van der Waals surface area contributed by atoms with E-state index in [1.807, 2.05) is 0 Å². The summed E-state index contributed by atoms with van der Waals surface area (Å²) >= 11 is 0. The topological polar surface area (TPSA) is 58.1 Å². The fourth-order valence-corrected chi connectivity index (χ4v) is 3.97. The van der Waals surface area contributed by atoms with Crippen LogP contribution in [0.25, 0.3) is 0 Å². The fourth-order valence-electron chi connectivity index (χ4n) is 3.97. The highest BCUT2D eigenvalue weighted by Crippen LogP contribution is 2.14. The summed E-state index contributed by atoms with van der Waals surface area (Å²) in [7, 11) is 0. The molecule has 0 atom stereocenters. The van der Waals surface area contributed by atoms with Crippen LogP contribution in [0.15, 0.2) is 29.3 Å². The second-order valence-electron chi connectivity index (χ2n) is 8.84. The molecule has 2 rings (SSSR count). The zero-order chi connectivity index (χ0) is 22.5. The normalized spacial score (nSPS) is 15.3. The van der Waals surface area contributed by atoms with Crippen LogP contribution in [0.4, 0.5) is 0 Å². The van der Waals surface area contributed by atoms with Crippen LogP contribution in [0.5, 0.6) is 0 Å². The molecular weight excluding hydrogens is 515 g/mol. The van der Waals surface area contributed by atoms with E-state index >= 15 is 0 Å². The molecule has 6 nitrogen and oxygen atoms in total. The van der Waals surface area contributed by atoms with Crippen molar-refractivity contribution in [3.63, 3.8) is 0 Å². The molecule has 2 N–H and O–H groups in total. The lowest BCUT2D eigenvalue weighted by atomic mass is 10.1. The van der Waals surface area contributed by atoms with E-state index in [9.17, 15) is 0 Å². The van der Waals surface area contributed by atoms with E-state index in [4.69, 9.17) is 14.5 Å². The van der Waals surface area contributed by atoms with Crippen LogP contribution in [0.3, 0.4) is 0 Å². The average molecular weight is 561 g/mol. The maximum absolute atomic E-state index is 6.06. The van der Waals surface area contributed by atoms with Crippen molar-refractivity contribution in [3.05, 3.63) is 35.4 Å². The zero-order valence-corrected chi connectivity index (χ0v) is 23.1. The van der Waals surface area contributed by atoms with Gasteiger partial charge in [-0.15, -0.1) is 24.0 Å². The van der Waals surface area contributed by atoms with Crippen molar-refractivity contribution in [1.82, 2.24) is 15.5 Å². The van der Waals surface area contributed by atoms with Crippen molar-refractivity contribution in [2.45, 2.75) is 85.2 Å². The highest BCUT2D eigenvalue weighted by molar-refractivity contribution is 14.0. The number of benzene rings is 1. The largest absolute Gasteiger partial charge is 0.381 e. The number of aliphatic imine (C=N–C) groups is 1. The summed E-state index contributed by atoms with van der Waals surface area (Å²) in [5.41, 5.74) is 2.41. The van der Waals surface area contributed by atoms with E-state index in [1.165, 1.54) is 11.1 Å². The van der Waals surface area contributed by atoms with Gasteiger partial charge in [-0.25, -0.2) is 4.99 Å². The number of hydrogen-bond donors (Lipinski definition) is 2. The molecule has 32 heavy (non-hydrogen) atoms. The Morgan fingerprint density at radius 1 is 1.12 bits per heavy atom. The van der Waals surface area contributed by atoms with Crippen LogP contribution in [0, 0.1) is 0 Å². The number of ether oxygens (including phenoxy) is 2. The Kier molecular flexibility index (Phi) is 15.2. The first kappa shape index (κ1) is 29.1. The minimum Gasteiger partial charge on any atom is -0.381 e. The van der Waals surface area contributed by atoms with Gasteiger partial charge in [0.25, 0.3) is 0 Å². The molecule has 0 aromatic heterocycles. The van der Waals surface area contributed by atoms with Gasteiger partial charge >= 0.3 is 0 Å². The Balaban J connectivity index is 0.00000512. The van der Waals surface area contributed by atoms with E-state index in [-0.39, 0.29) is 24.0 Å². The van der Waals surface area contributed by atoms with E-state index in [2.05, 4.69) is 74.4 Å². The van der Waals surface area contributed by atoms with Crippen molar-refractivity contribution in [1.29, 1.82) is 0 Å². The van der Waals surface area contributed by atoms with E-state index in [1.54, 1.807) is 0 Å². The third-order valence-corrected chi connectivity index (χ3v) is 5.62. The number of halogens is 1. The first-order valence-electron chi connectivity index (χ1n) is 12.0. The van der Waals surface area contributed by atoms with Gasteiger partial charge in [0.05, 0.1) is 19.3 Å². The van der Waals surface area contributed by atoms with Crippen LogP contribution in [0.2, 0.25) is 0 Å². The van der Waals surface area contributed by atoms with Crippen LogP contribution in [-0.2, 0) is 22.6 Å². The lowest BCUT2D eigenvalue weighted by Gasteiger charge is -2.30. The lowest BCUT2D eigenvalue weighted by Crippen LogP contribution is -2.41. The van der Waals surface area contributed by atoms with Crippen molar-refractivity contribution < 1.29 is 9.47 Å². The van der Waals surface area contributed by atoms with Crippen molar-refractivity contribution in [2.24, 2.45) is 4.99 Å². The maximum atomic E-state index is 6.06. The smallest absolute Gasteiger partial charge is 0.191 e. The molecule has 7 heteroatoms. The quantitative estimate of drug-likeness (QED) is 0.170. The van der Waals surface area contributed by atoms with Gasteiger partial charge in [0.15, 0.2) is 5.96 Å². The van der Waals surface area contributed by atoms with Crippen molar-refractivity contribution >= 4 is 29.9 Å². The molecule has 1 aliphatic rings. The summed E-state index contributed by atoms with van der Waals surface area (Å²) in [5, 5.41) is 6.84. The summed E-state index contributed by atoms with van der Waals surface area (Å²) in [4.78, 5) is 7.31. The minimum atomic E-state index is 0. The molecule has 0 radical (unpaired) electrons. The van der Waals surface area contributed by atoms with Crippen LogP contribution in [0.1, 0.15) is 65.0 Å². The molecule has 184 valence electrons. The highest BCUT2D eigenvalue weighted by atomic mass is 127. The average Bonchev–Trinajstić information content (AvgIpc) is 2.76.